The van der Waals surface area contributed by atoms with Crippen LogP contribution in [0.3, 0.4) is 0 Å². The molecule has 1 aromatic heterocycles. The first kappa shape index (κ1) is 14.7. The minimum atomic E-state index is 0.727. The Labute approximate surface area is 131 Å². The van der Waals surface area contributed by atoms with E-state index in [0.29, 0.717) is 0 Å². The van der Waals surface area contributed by atoms with Crippen molar-refractivity contribution in [3.05, 3.63) is 51.0 Å². The molecule has 0 unspecified atom stereocenters. The molecule has 1 N–H and O–H groups in total. The lowest BCUT2D eigenvalue weighted by Crippen LogP contribution is -2.26. The number of benzene rings is 1. The second-order valence-electron chi connectivity index (χ2n) is 5.96. The van der Waals surface area contributed by atoms with E-state index in [1.54, 1.807) is 4.88 Å². The largest absolute Gasteiger partial charge is 0.317 e. The fraction of sp³-hybridized carbons (Fsp3) is 0.500. The monoisotopic (exact) mass is 300 g/mol. The van der Waals surface area contributed by atoms with Crippen molar-refractivity contribution >= 4 is 11.3 Å². The summed E-state index contributed by atoms with van der Waals surface area (Å²) in [5, 5.41) is 4.74. The van der Waals surface area contributed by atoms with Crippen molar-refractivity contribution in [1.82, 2.24) is 10.3 Å². The number of rotatable bonds is 4. The minimum absolute atomic E-state index is 0.727. The number of hydrogen-bond acceptors (Lipinski definition) is 3. The van der Waals surface area contributed by atoms with Crippen molar-refractivity contribution in [1.29, 1.82) is 0 Å². The van der Waals surface area contributed by atoms with Crippen LogP contribution in [0.2, 0.25) is 0 Å². The molecule has 1 aromatic carbocycles. The van der Waals surface area contributed by atoms with Crippen LogP contribution in [0.1, 0.15) is 52.4 Å². The second kappa shape index (κ2) is 6.71. The van der Waals surface area contributed by atoms with Crippen molar-refractivity contribution < 1.29 is 0 Å². The lowest BCUT2D eigenvalue weighted by atomic mass is 9.95. The molecule has 2 heterocycles. The Kier molecular flexibility index (Phi) is 4.71. The van der Waals surface area contributed by atoms with E-state index >= 15 is 0 Å². The molecule has 0 bridgehead atoms. The molecule has 1 fully saturated rings. The van der Waals surface area contributed by atoms with E-state index in [9.17, 15) is 0 Å². The number of piperidine rings is 1. The molecule has 0 amide bonds. The van der Waals surface area contributed by atoms with E-state index in [2.05, 4.69) is 43.4 Å². The van der Waals surface area contributed by atoms with Gasteiger partial charge in [-0.05, 0) is 50.8 Å². The van der Waals surface area contributed by atoms with Crippen LogP contribution in [0, 0.1) is 6.92 Å². The summed E-state index contributed by atoms with van der Waals surface area (Å²) in [6.07, 6.45) is 4.56. The molecule has 21 heavy (non-hydrogen) atoms. The summed E-state index contributed by atoms with van der Waals surface area (Å²) in [6.45, 7) is 6.67. The summed E-state index contributed by atoms with van der Waals surface area (Å²) in [5.74, 6) is 0.727. The van der Waals surface area contributed by atoms with Crippen molar-refractivity contribution in [3.63, 3.8) is 0 Å². The van der Waals surface area contributed by atoms with Crippen LogP contribution in [-0.4, -0.2) is 18.1 Å². The highest BCUT2D eigenvalue weighted by atomic mass is 32.1. The quantitative estimate of drug-likeness (QED) is 0.920. The number of aryl methyl sites for hydroxylation is 2. The lowest BCUT2D eigenvalue weighted by molar-refractivity contribution is 0.463. The van der Waals surface area contributed by atoms with Crippen LogP contribution < -0.4 is 5.32 Å². The third-order valence-electron chi connectivity index (χ3n) is 4.29. The van der Waals surface area contributed by atoms with Crippen LogP contribution in [0.4, 0.5) is 0 Å². The third-order valence-corrected chi connectivity index (χ3v) is 5.55. The first-order valence-electron chi connectivity index (χ1n) is 8.01. The van der Waals surface area contributed by atoms with Gasteiger partial charge in [-0.15, -0.1) is 11.3 Å². The summed E-state index contributed by atoms with van der Waals surface area (Å²) in [5.41, 5.74) is 4.03. The topological polar surface area (TPSA) is 24.9 Å². The van der Waals surface area contributed by atoms with E-state index in [0.717, 1.165) is 31.8 Å². The van der Waals surface area contributed by atoms with Gasteiger partial charge in [-0.3, -0.25) is 0 Å². The smallest absolute Gasteiger partial charge is 0.0975 e. The fourth-order valence-corrected chi connectivity index (χ4v) is 4.39. The number of nitrogens with zero attached hydrogens (tertiary/aromatic N) is 1. The van der Waals surface area contributed by atoms with E-state index < -0.39 is 0 Å². The average Bonchev–Trinajstić information content (AvgIpc) is 2.93. The molecule has 3 rings (SSSR count). The van der Waals surface area contributed by atoms with Crippen molar-refractivity contribution in [2.75, 3.05) is 13.1 Å². The highest BCUT2D eigenvalue weighted by Crippen LogP contribution is 2.34. The van der Waals surface area contributed by atoms with Crippen molar-refractivity contribution in [3.8, 4) is 0 Å². The van der Waals surface area contributed by atoms with Gasteiger partial charge in [-0.25, -0.2) is 4.98 Å². The summed E-state index contributed by atoms with van der Waals surface area (Å²) >= 11 is 1.95. The van der Waals surface area contributed by atoms with Crippen molar-refractivity contribution in [2.24, 2.45) is 0 Å². The van der Waals surface area contributed by atoms with Gasteiger partial charge in [0.2, 0.25) is 0 Å². The summed E-state index contributed by atoms with van der Waals surface area (Å²) in [7, 11) is 0. The summed E-state index contributed by atoms with van der Waals surface area (Å²) in [4.78, 5) is 6.48. The molecule has 2 nitrogen and oxygen atoms in total. The zero-order valence-corrected chi connectivity index (χ0v) is 13.8. The van der Waals surface area contributed by atoms with E-state index in [-0.39, 0.29) is 0 Å². The lowest BCUT2D eigenvalue weighted by Gasteiger charge is -2.22. The Bertz CT molecular complexity index is 580. The molecule has 2 aromatic rings. The molecule has 0 radical (unpaired) electrons. The highest BCUT2D eigenvalue weighted by molar-refractivity contribution is 7.11. The SMILES string of the molecule is CCc1nc(Cc2ccc(C)cc2)sc1C1CCNCC1. The number of aromatic nitrogens is 1. The molecule has 0 atom stereocenters. The average molecular weight is 300 g/mol. The summed E-state index contributed by atoms with van der Waals surface area (Å²) < 4.78 is 0. The normalized spacial score (nSPS) is 16.3. The van der Waals surface area contributed by atoms with Gasteiger partial charge >= 0.3 is 0 Å². The van der Waals surface area contributed by atoms with Gasteiger partial charge in [0.1, 0.15) is 0 Å². The Hall–Kier alpha value is -1.19. The zero-order chi connectivity index (χ0) is 14.7. The van der Waals surface area contributed by atoms with Gasteiger partial charge in [-0.2, -0.15) is 0 Å². The first-order valence-corrected chi connectivity index (χ1v) is 8.82. The van der Waals surface area contributed by atoms with E-state index in [1.807, 2.05) is 11.3 Å². The predicted molar refractivity (Wildman–Crippen MR) is 90.3 cm³/mol. The Balaban J connectivity index is 1.79. The molecular formula is C18H24N2S. The molecule has 0 aliphatic carbocycles. The maximum absolute atomic E-state index is 4.92. The summed E-state index contributed by atoms with van der Waals surface area (Å²) in [6, 6.07) is 8.84. The number of nitrogens with one attached hydrogen (secondary N) is 1. The molecule has 0 saturated carbocycles. The number of thiazole rings is 1. The van der Waals surface area contributed by atoms with Crippen LogP contribution >= 0.6 is 11.3 Å². The zero-order valence-electron chi connectivity index (χ0n) is 13.0. The van der Waals surface area contributed by atoms with Gasteiger partial charge in [0.25, 0.3) is 0 Å². The Morgan fingerprint density at radius 1 is 1.19 bits per heavy atom. The highest BCUT2D eigenvalue weighted by Gasteiger charge is 2.21. The van der Waals surface area contributed by atoms with E-state index in [4.69, 9.17) is 4.98 Å². The predicted octanol–water partition coefficient (Wildman–Crippen LogP) is 4.07. The first-order chi connectivity index (χ1) is 10.3. The van der Waals surface area contributed by atoms with Crippen LogP contribution in [-0.2, 0) is 12.8 Å². The molecule has 0 spiro atoms. The van der Waals surface area contributed by atoms with Gasteiger partial charge in [0.15, 0.2) is 0 Å². The van der Waals surface area contributed by atoms with Crippen LogP contribution in [0.5, 0.6) is 0 Å². The maximum atomic E-state index is 4.92. The van der Waals surface area contributed by atoms with Crippen LogP contribution in [0.15, 0.2) is 24.3 Å². The molecule has 3 heteroatoms. The molecule has 1 saturated heterocycles. The molecule has 1 aliphatic rings. The van der Waals surface area contributed by atoms with Crippen LogP contribution in [0.25, 0.3) is 0 Å². The third kappa shape index (κ3) is 3.53. The van der Waals surface area contributed by atoms with Crippen molar-refractivity contribution in [2.45, 2.75) is 45.4 Å². The van der Waals surface area contributed by atoms with Gasteiger partial charge in [0.05, 0.1) is 10.7 Å². The van der Waals surface area contributed by atoms with Gasteiger partial charge < -0.3 is 5.32 Å². The van der Waals surface area contributed by atoms with E-state index in [1.165, 1.54) is 34.7 Å². The standard InChI is InChI=1S/C18H24N2S/c1-3-16-18(15-8-10-19-11-9-15)21-17(20-16)12-14-6-4-13(2)5-7-14/h4-7,15,19H,3,8-12H2,1-2H3. The Morgan fingerprint density at radius 2 is 1.90 bits per heavy atom. The molecular weight excluding hydrogens is 276 g/mol. The maximum Gasteiger partial charge on any atom is 0.0975 e. The second-order valence-corrected chi connectivity index (χ2v) is 7.07. The van der Waals surface area contributed by atoms with Gasteiger partial charge in [0, 0.05) is 11.3 Å². The fourth-order valence-electron chi connectivity index (χ4n) is 3.03. The molecule has 1 aliphatic heterocycles. The Morgan fingerprint density at radius 3 is 2.57 bits per heavy atom. The minimum Gasteiger partial charge on any atom is -0.317 e. The number of hydrogen-bond donors (Lipinski definition) is 1. The van der Waals surface area contributed by atoms with Gasteiger partial charge in [-0.1, -0.05) is 36.8 Å². The molecule has 112 valence electrons.